The summed E-state index contributed by atoms with van der Waals surface area (Å²) in [5, 5.41) is 2.51. The third kappa shape index (κ3) is 2.70. The van der Waals surface area contributed by atoms with E-state index in [1.54, 1.807) is 0 Å². The molecule has 0 fully saturated rings. The fourth-order valence-corrected chi connectivity index (χ4v) is 1.63. The molecule has 0 spiro atoms. The summed E-state index contributed by atoms with van der Waals surface area (Å²) in [6, 6.07) is 12.4. The van der Waals surface area contributed by atoms with Gasteiger partial charge in [0.2, 0.25) is 0 Å². The zero-order valence-electron chi connectivity index (χ0n) is 9.45. The molecule has 0 aromatic heterocycles. The summed E-state index contributed by atoms with van der Waals surface area (Å²) in [5.74, 6) is 0.881. The minimum atomic E-state index is 0.881. The van der Waals surface area contributed by atoms with E-state index in [9.17, 15) is 0 Å². The maximum atomic E-state index is 5.09. The van der Waals surface area contributed by atoms with Gasteiger partial charge >= 0.3 is 0 Å². The van der Waals surface area contributed by atoms with E-state index in [4.69, 9.17) is 4.52 Å². The number of aryl methyl sites for hydroxylation is 1. The molecule has 0 aliphatic heterocycles. The lowest BCUT2D eigenvalue weighted by atomic mass is 10.1. The van der Waals surface area contributed by atoms with E-state index in [-0.39, 0.29) is 0 Å². The molecule has 2 rings (SSSR count). The van der Waals surface area contributed by atoms with Gasteiger partial charge in [0.15, 0.2) is 0 Å². The Hall–Kier alpha value is -1.07. The van der Waals surface area contributed by atoms with Crippen LogP contribution in [0.2, 0.25) is 0 Å². The minimum absolute atomic E-state index is 0.881. The molecular formula is C13H17OP. The molecular weight excluding hydrogens is 203 g/mol. The standard InChI is InChI=1S/C11H11OP.C2H6/c1-8-3-2-4-9-5-6-10(12-13)7-11(8)9;1-2/h2-7H,13H2,1H3;1-2H3. The predicted molar refractivity (Wildman–Crippen MR) is 70.4 cm³/mol. The van der Waals surface area contributed by atoms with Gasteiger partial charge in [-0.05, 0) is 35.4 Å². The summed E-state index contributed by atoms with van der Waals surface area (Å²) in [4.78, 5) is 0. The van der Waals surface area contributed by atoms with Gasteiger partial charge in [0.05, 0.1) is 9.47 Å². The fraction of sp³-hybridized carbons (Fsp3) is 0.231. The molecule has 2 aromatic rings. The van der Waals surface area contributed by atoms with Crippen LogP contribution in [0.4, 0.5) is 0 Å². The lowest BCUT2D eigenvalue weighted by Crippen LogP contribution is -1.79. The van der Waals surface area contributed by atoms with Crippen LogP contribution in [0, 0.1) is 6.92 Å². The van der Waals surface area contributed by atoms with Crippen LogP contribution in [-0.4, -0.2) is 0 Å². The highest BCUT2D eigenvalue weighted by Crippen LogP contribution is 2.24. The molecule has 0 heterocycles. The van der Waals surface area contributed by atoms with Crippen LogP contribution in [0.25, 0.3) is 10.8 Å². The number of benzene rings is 2. The van der Waals surface area contributed by atoms with Crippen LogP contribution in [0.15, 0.2) is 36.4 Å². The Morgan fingerprint density at radius 1 is 1.07 bits per heavy atom. The van der Waals surface area contributed by atoms with E-state index in [0.717, 1.165) is 5.75 Å². The summed E-state index contributed by atoms with van der Waals surface area (Å²) < 4.78 is 5.09. The summed E-state index contributed by atoms with van der Waals surface area (Å²) in [6.07, 6.45) is 0. The first-order chi connectivity index (χ1) is 7.31. The van der Waals surface area contributed by atoms with Crippen molar-refractivity contribution < 1.29 is 4.52 Å². The molecule has 2 heteroatoms. The highest BCUT2D eigenvalue weighted by Gasteiger charge is 1.97. The van der Waals surface area contributed by atoms with Crippen molar-refractivity contribution >= 4 is 20.2 Å². The Morgan fingerprint density at radius 3 is 2.47 bits per heavy atom. The van der Waals surface area contributed by atoms with Crippen LogP contribution in [0.3, 0.4) is 0 Å². The molecule has 2 aromatic carbocycles. The molecule has 0 saturated carbocycles. The summed E-state index contributed by atoms with van der Waals surface area (Å²) in [5.41, 5.74) is 1.28. The van der Waals surface area contributed by atoms with E-state index >= 15 is 0 Å². The number of hydrogen-bond acceptors (Lipinski definition) is 1. The maximum Gasteiger partial charge on any atom is 0.123 e. The highest BCUT2D eigenvalue weighted by atomic mass is 31.0. The van der Waals surface area contributed by atoms with Crippen molar-refractivity contribution in [3.63, 3.8) is 0 Å². The number of fused-ring (bicyclic) bond motifs is 1. The molecule has 1 nitrogen and oxygen atoms in total. The van der Waals surface area contributed by atoms with E-state index in [1.165, 1.54) is 16.3 Å². The number of rotatable bonds is 1. The Kier molecular flexibility index (Phi) is 4.58. The molecule has 1 atom stereocenters. The second-order valence-electron chi connectivity index (χ2n) is 3.08. The van der Waals surface area contributed by atoms with E-state index < -0.39 is 0 Å². The molecule has 0 amide bonds. The Morgan fingerprint density at radius 2 is 1.80 bits per heavy atom. The average Bonchev–Trinajstić information content (AvgIpc) is 2.32. The monoisotopic (exact) mass is 220 g/mol. The van der Waals surface area contributed by atoms with Gasteiger partial charge in [0, 0.05) is 0 Å². The number of hydrogen-bond donors (Lipinski definition) is 0. The Labute approximate surface area is 93.7 Å². The van der Waals surface area contributed by atoms with Gasteiger partial charge in [-0.1, -0.05) is 38.1 Å². The Bertz CT molecular complexity index is 437. The van der Waals surface area contributed by atoms with Crippen molar-refractivity contribution in [2.75, 3.05) is 0 Å². The van der Waals surface area contributed by atoms with Gasteiger partial charge in [-0.25, -0.2) is 0 Å². The lowest BCUT2D eigenvalue weighted by molar-refractivity contribution is 0.647. The van der Waals surface area contributed by atoms with Crippen molar-refractivity contribution in [3.05, 3.63) is 42.0 Å². The van der Waals surface area contributed by atoms with Crippen LogP contribution in [-0.2, 0) is 0 Å². The van der Waals surface area contributed by atoms with Crippen LogP contribution in [0.1, 0.15) is 19.4 Å². The second-order valence-corrected chi connectivity index (χ2v) is 3.31. The van der Waals surface area contributed by atoms with Gasteiger partial charge in [-0.3, -0.25) is 0 Å². The van der Waals surface area contributed by atoms with Gasteiger partial charge in [-0.15, -0.1) is 0 Å². The highest BCUT2D eigenvalue weighted by molar-refractivity contribution is 7.10. The summed E-state index contributed by atoms with van der Waals surface area (Å²) >= 11 is 0. The predicted octanol–water partition coefficient (Wildman–Crippen LogP) is 4.34. The third-order valence-electron chi connectivity index (χ3n) is 2.21. The molecule has 0 saturated heterocycles. The van der Waals surface area contributed by atoms with Crippen molar-refractivity contribution in [2.45, 2.75) is 20.8 Å². The zero-order chi connectivity index (χ0) is 11.3. The Balaban J connectivity index is 0.000000531. The summed E-state index contributed by atoms with van der Waals surface area (Å²) in [7, 11) is 2.26. The molecule has 0 radical (unpaired) electrons. The maximum absolute atomic E-state index is 5.09. The van der Waals surface area contributed by atoms with Gasteiger partial charge < -0.3 is 4.52 Å². The first-order valence-corrected chi connectivity index (χ1v) is 5.64. The SMILES string of the molecule is CC.Cc1cccc2ccc(OP)cc12. The lowest BCUT2D eigenvalue weighted by Gasteiger charge is -2.04. The van der Waals surface area contributed by atoms with Crippen molar-refractivity contribution in [1.82, 2.24) is 0 Å². The molecule has 0 bridgehead atoms. The van der Waals surface area contributed by atoms with Crippen LogP contribution in [0.5, 0.6) is 5.75 Å². The quantitative estimate of drug-likeness (QED) is 0.649. The van der Waals surface area contributed by atoms with E-state index in [1.807, 2.05) is 19.9 Å². The van der Waals surface area contributed by atoms with E-state index in [2.05, 4.69) is 46.7 Å². The second kappa shape index (κ2) is 5.72. The van der Waals surface area contributed by atoms with Crippen molar-refractivity contribution in [1.29, 1.82) is 0 Å². The zero-order valence-corrected chi connectivity index (χ0v) is 10.6. The largest absolute Gasteiger partial charge is 0.480 e. The van der Waals surface area contributed by atoms with E-state index in [0.29, 0.717) is 0 Å². The first kappa shape index (κ1) is 12.0. The molecule has 80 valence electrons. The smallest absolute Gasteiger partial charge is 0.123 e. The van der Waals surface area contributed by atoms with Gasteiger partial charge in [0.25, 0.3) is 0 Å². The normalized spacial score (nSPS) is 9.33. The fourth-order valence-electron chi connectivity index (χ4n) is 1.48. The average molecular weight is 220 g/mol. The third-order valence-corrected chi connectivity index (χ3v) is 2.48. The van der Waals surface area contributed by atoms with Crippen molar-refractivity contribution in [2.24, 2.45) is 0 Å². The van der Waals surface area contributed by atoms with Gasteiger partial charge in [0.1, 0.15) is 5.75 Å². The molecule has 0 N–H and O–H groups in total. The molecule has 0 aliphatic carbocycles. The molecule has 15 heavy (non-hydrogen) atoms. The van der Waals surface area contributed by atoms with Crippen molar-refractivity contribution in [3.8, 4) is 5.75 Å². The van der Waals surface area contributed by atoms with Gasteiger partial charge in [-0.2, -0.15) is 0 Å². The molecule has 1 unspecified atom stereocenters. The molecule has 0 aliphatic rings. The first-order valence-electron chi connectivity index (χ1n) is 5.17. The summed E-state index contributed by atoms with van der Waals surface area (Å²) in [6.45, 7) is 6.11. The van der Waals surface area contributed by atoms with Crippen LogP contribution < -0.4 is 4.52 Å². The van der Waals surface area contributed by atoms with Crippen LogP contribution >= 0.6 is 9.47 Å². The topological polar surface area (TPSA) is 9.23 Å². The minimum Gasteiger partial charge on any atom is -0.480 e.